The van der Waals surface area contributed by atoms with Crippen molar-refractivity contribution in [3.63, 3.8) is 0 Å². The summed E-state index contributed by atoms with van der Waals surface area (Å²) in [4.78, 5) is 19.9. The first-order valence-electron chi connectivity index (χ1n) is 9.77. The molecule has 0 aromatic carbocycles. The number of amides is 1. The molecule has 0 unspecified atom stereocenters. The summed E-state index contributed by atoms with van der Waals surface area (Å²) in [6.45, 7) is 15.2. The highest BCUT2D eigenvalue weighted by atomic mass is 16.2. The SMILES string of the molecule is CCN1CCN(C(=O)[C@H](C)N2CCC[C@H]2Cn2nc(C)cc2C)CC1. The highest BCUT2D eigenvalue weighted by molar-refractivity contribution is 5.81. The van der Waals surface area contributed by atoms with E-state index in [1.54, 1.807) is 0 Å². The topological polar surface area (TPSA) is 44.6 Å². The molecular weight excluding hydrogens is 314 g/mol. The number of carbonyl (C=O) groups is 1. The van der Waals surface area contributed by atoms with Crippen LogP contribution in [-0.2, 0) is 11.3 Å². The molecule has 0 radical (unpaired) electrons. The molecule has 0 saturated carbocycles. The summed E-state index contributed by atoms with van der Waals surface area (Å²) in [5.41, 5.74) is 2.28. The summed E-state index contributed by atoms with van der Waals surface area (Å²) < 4.78 is 2.11. The minimum Gasteiger partial charge on any atom is -0.339 e. The lowest BCUT2D eigenvalue weighted by Gasteiger charge is -2.38. The molecule has 2 fully saturated rings. The van der Waals surface area contributed by atoms with E-state index in [4.69, 9.17) is 0 Å². The minimum atomic E-state index is -0.0300. The van der Waals surface area contributed by atoms with Gasteiger partial charge in [-0.3, -0.25) is 14.4 Å². The molecule has 3 rings (SSSR count). The number of aromatic nitrogens is 2. The fraction of sp³-hybridized carbons (Fsp3) is 0.789. The molecule has 6 heteroatoms. The lowest BCUT2D eigenvalue weighted by atomic mass is 10.1. The van der Waals surface area contributed by atoms with E-state index in [1.807, 2.05) is 6.92 Å². The molecule has 2 saturated heterocycles. The van der Waals surface area contributed by atoms with Crippen LogP contribution in [0.2, 0.25) is 0 Å². The van der Waals surface area contributed by atoms with Crippen molar-refractivity contribution >= 4 is 5.91 Å². The molecule has 1 aromatic heterocycles. The third-order valence-corrected chi connectivity index (χ3v) is 5.90. The second kappa shape index (κ2) is 7.87. The number of nitrogens with zero attached hydrogens (tertiary/aromatic N) is 5. The van der Waals surface area contributed by atoms with Gasteiger partial charge in [0.05, 0.1) is 18.3 Å². The Morgan fingerprint density at radius 3 is 2.56 bits per heavy atom. The fourth-order valence-corrected chi connectivity index (χ4v) is 4.31. The van der Waals surface area contributed by atoms with Crippen LogP contribution in [0.15, 0.2) is 6.07 Å². The van der Waals surface area contributed by atoms with Crippen molar-refractivity contribution in [2.45, 2.75) is 59.2 Å². The van der Waals surface area contributed by atoms with Crippen LogP contribution in [0, 0.1) is 13.8 Å². The van der Waals surface area contributed by atoms with E-state index < -0.39 is 0 Å². The van der Waals surface area contributed by atoms with Crippen molar-refractivity contribution in [3.8, 4) is 0 Å². The van der Waals surface area contributed by atoms with Crippen LogP contribution in [0.1, 0.15) is 38.1 Å². The first kappa shape index (κ1) is 18.4. The number of piperazine rings is 1. The predicted molar refractivity (Wildman–Crippen MR) is 99.6 cm³/mol. The molecule has 0 N–H and O–H groups in total. The van der Waals surface area contributed by atoms with Crippen LogP contribution in [0.25, 0.3) is 0 Å². The van der Waals surface area contributed by atoms with E-state index in [1.165, 1.54) is 12.1 Å². The lowest BCUT2D eigenvalue weighted by molar-refractivity contribution is -0.138. The Labute approximate surface area is 151 Å². The predicted octanol–water partition coefficient (Wildman–Crippen LogP) is 1.52. The van der Waals surface area contributed by atoms with Crippen molar-refractivity contribution in [1.82, 2.24) is 24.5 Å². The molecule has 0 aliphatic carbocycles. The Morgan fingerprint density at radius 1 is 1.24 bits per heavy atom. The maximum absolute atomic E-state index is 13.0. The van der Waals surface area contributed by atoms with E-state index in [9.17, 15) is 4.79 Å². The van der Waals surface area contributed by atoms with Gasteiger partial charge >= 0.3 is 0 Å². The van der Waals surface area contributed by atoms with E-state index in [0.717, 1.165) is 57.9 Å². The summed E-state index contributed by atoms with van der Waals surface area (Å²) in [6, 6.07) is 2.51. The molecule has 140 valence electrons. The Hall–Kier alpha value is -1.40. The first-order valence-corrected chi connectivity index (χ1v) is 9.77. The molecule has 2 aliphatic heterocycles. The highest BCUT2D eigenvalue weighted by Crippen LogP contribution is 2.23. The van der Waals surface area contributed by atoms with Crippen molar-refractivity contribution < 1.29 is 4.79 Å². The second-order valence-electron chi connectivity index (χ2n) is 7.58. The standard InChI is InChI=1S/C19H33N5O/c1-5-21-9-11-22(12-10-21)19(25)17(4)23-8-6-7-18(23)14-24-16(3)13-15(2)20-24/h13,17-18H,5-12,14H2,1-4H3/t17-,18-/m0/s1. The molecule has 1 amide bonds. The number of likely N-dealkylation sites (tertiary alicyclic amines) is 1. The Balaban J connectivity index is 1.61. The monoisotopic (exact) mass is 347 g/mol. The number of likely N-dealkylation sites (N-methyl/N-ethyl adjacent to an activating group) is 1. The molecule has 1 aromatic rings. The highest BCUT2D eigenvalue weighted by Gasteiger charge is 2.35. The number of carbonyl (C=O) groups excluding carboxylic acids is 1. The summed E-state index contributed by atoms with van der Waals surface area (Å²) >= 11 is 0. The fourth-order valence-electron chi connectivity index (χ4n) is 4.31. The van der Waals surface area contributed by atoms with Gasteiger partial charge in [0.25, 0.3) is 0 Å². The number of aryl methyl sites for hydroxylation is 2. The van der Waals surface area contributed by atoms with Gasteiger partial charge in [0.15, 0.2) is 0 Å². The van der Waals surface area contributed by atoms with Crippen LogP contribution >= 0.6 is 0 Å². The number of rotatable bonds is 5. The van der Waals surface area contributed by atoms with Gasteiger partial charge in [-0.1, -0.05) is 6.92 Å². The smallest absolute Gasteiger partial charge is 0.239 e. The Bertz CT molecular complexity index is 591. The average molecular weight is 348 g/mol. The summed E-state index contributed by atoms with van der Waals surface area (Å²) in [7, 11) is 0. The molecule has 3 heterocycles. The van der Waals surface area contributed by atoms with Gasteiger partial charge in [0, 0.05) is 37.9 Å². The number of hydrogen-bond acceptors (Lipinski definition) is 4. The maximum Gasteiger partial charge on any atom is 0.239 e. The van der Waals surface area contributed by atoms with Crippen molar-refractivity contribution in [3.05, 3.63) is 17.5 Å². The molecule has 2 aliphatic rings. The van der Waals surface area contributed by atoms with Crippen LogP contribution in [0.5, 0.6) is 0 Å². The van der Waals surface area contributed by atoms with E-state index in [2.05, 4.69) is 51.3 Å². The first-order chi connectivity index (χ1) is 12.0. The molecular formula is C19H33N5O. The third kappa shape index (κ3) is 4.06. The zero-order valence-electron chi connectivity index (χ0n) is 16.2. The second-order valence-corrected chi connectivity index (χ2v) is 7.58. The zero-order chi connectivity index (χ0) is 18.0. The molecule has 0 bridgehead atoms. The normalized spacial score (nSPS) is 24.0. The maximum atomic E-state index is 13.0. The van der Waals surface area contributed by atoms with Gasteiger partial charge in [0.1, 0.15) is 0 Å². The van der Waals surface area contributed by atoms with Crippen LogP contribution in [-0.4, -0.2) is 81.7 Å². The minimum absolute atomic E-state index is 0.0300. The average Bonchev–Trinajstić information content (AvgIpc) is 3.20. The number of hydrogen-bond donors (Lipinski definition) is 0. The molecule has 2 atom stereocenters. The van der Waals surface area contributed by atoms with Gasteiger partial charge in [-0.05, 0) is 52.8 Å². The Kier molecular flexibility index (Phi) is 5.79. The largest absolute Gasteiger partial charge is 0.339 e. The van der Waals surface area contributed by atoms with E-state index in [-0.39, 0.29) is 6.04 Å². The quantitative estimate of drug-likeness (QED) is 0.810. The van der Waals surface area contributed by atoms with Gasteiger partial charge in [0.2, 0.25) is 5.91 Å². The van der Waals surface area contributed by atoms with Gasteiger partial charge in [-0.15, -0.1) is 0 Å². The summed E-state index contributed by atoms with van der Waals surface area (Å²) in [6.07, 6.45) is 2.32. The summed E-state index contributed by atoms with van der Waals surface area (Å²) in [5, 5.41) is 4.61. The van der Waals surface area contributed by atoms with Gasteiger partial charge in [-0.2, -0.15) is 5.10 Å². The zero-order valence-corrected chi connectivity index (χ0v) is 16.2. The van der Waals surface area contributed by atoms with Crippen LogP contribution < -0.4 is 0 Å². The lowest BCUT2D eigenvalue weighted by Crippen LogP contribution is -2.55. The van der Waals surface area contributed by atoms with Gasteiger partial charge < -0.3 is 9.80 Å². The van der Waals surface area contributed by atoms with Gasteiger partial charge in [-0.25, -0.2) is 0 Å². The van der Waals surface area contributed by atoms with Crippen LogP contribution in [0.3, 0.4) is 0 Å². The summed E-state index contributed by atoms with van der Waals surface area (Å²) in [5.74, 6) is 0.302. The molecule has 0 spiro atoms. The van der Waals surface area contributed by atoms with E-state index >= 15 is 0 Å². The third-order valence-electron chi connectivity index (χ3n) is 5.90. The van der Waals surface area contributed by atoms with Crippen LogP contribution in [0.4, 0.5) is 0 Å². The Morgan fingerprint density at radius 2 is 1.96 bits per heavy atom. The van der Waals surface area contributed by atoms with Crippen molar-refractivity contribution in [1.29, 1.82) is 0 Å². The van der Waals surface area contributed by atoms with Crippen molar-refractivity contribution in [2.75, 3.05) is 39.3 Å². The van der Waals surface area contributed by atoms with Crippen molar-refractivity contribution in [2.24, 2.45) is 0 Å². The molecule has 6 nitrogen and oxygen atoms in total. The van der Waals surface area contributed by atoms with E-state index in [0.29, 0.717) is 11.9 Å². The molecule has 25 heavy (non-hydrogen) atoms.